The summed E-state index contributed by atoms with van der Waals surface area (Å²) in [7, 11) is 0. The van der Waals surface area contributed by atoms with Gasteiger partial charge in [-0.1, -0.05) is 0 Å². The van der Waals surface area contributed by atoms with Crippen LogP contribution >= 0.6 is 0 Å². The highest BCUT2D eigenvalue weighted by atomic mass is 16.6. The Kier molecular flexibility index (Phi) is 58.3. The smallest absolute Gasteiger partial charge is 0.0701 e. The SMILES string of the molecule is OCCOCCOCCOCCOCCOCCOCCOCCOCCOCCOCCOCCOCCOCCOCCOCCOCCOCCOCCOCCO. The Balaban J connectivity index is 3.06. The number of hydrogen-bond donors (Lipinski definition) is 2. The summed E-state index contributed by atoms with van der Waals surface area (Å²) in [4.78, 5) is 0. The molecule has 61 heavy (non-hydrogen) atoms. The second-order valence-corrected chi connectivity index (χ2v) is 12.1. The van der Waals surface area contributed by atoms with Gasteiger partial charge < -0.3 is 100 Å². The van der Waals surface area contributed by atoms with Gasteiger partial charge in [-0.05, 0) is 0 Å². The minimum atomic E-state index is 0.0196. The molecule has 0 saturated heterocycles. The molecular weight excluding hydrogens is 816 g/mol. The fourth-order valence-corrected chi connectivity index (χ4v) is 4.19. The van der Waals surface area contributed by atoms with Gasteiger partial charge in [-0.15, -0.1) is 0 Å². The van der Waals surface area contributed by atoms with Crippen molar-refractivity contribution in [1.29, 1.82) is 0 Å². The maximum atomic E-state index is 8.60. The molecule has 21 heteroatoms. The van der Waals surface area contributed by atoms with Crippen LogP contribution in [0.2, 0.25) is 0 Å². The van der Waals surface area contributed by atoms with E-state index in [0.717, 1.165) is 0 Å². The van der Waals surface area contributed by atoms with E-state index in [9.17, 15) is 0 Å². The van der Waals surface area contributed by atoms with E-state index in [1.54, 1.807) is 0 Å². The summed E-state index contributed by atoms with van der Waals surface area (Å²) in [5.41, 5.74) is 0. The zero-order valence-corrected chi connectivity index (χ0v) is 36.9. The van der Waals surface area contributed by atoms with E-state index in [1.165, 1.54) is 0 Å². The predicted octanol–water partition coefficient (Wildman–Crippen LogP) is -0.714. The van der Waals surface area contributed by atoms with Crippen molar-refractivity contribution < 1.29 is 100 Å². The van der Waals surface area contributed by atoms with Crippen LogP contribution < -0.4 is 0 Å². The van der Waals surface area contributed by atoms with Crippen LogP contribution in [0.3, 0.4) is 0 Å². The summed E-state index contributed by atoms with van der Waals surface area (Å²) in [6.45, 7) is 18.4. The van der Waals surface area contributed by atoms with E-state index >= 15 is 0 Å². The van der Waals surface area contributed by atoms with Gasteiger partial charge in [0.15, 0.2) is 0 Å². The second kappa shape index (κ2) is 59.2. The van der Waals surface area contributed by atoms with Gasteiger partial charge in [0.1, 0.15) is 0 Å². The van der Waals surface area contributed by atoms with E-state index in [0.29, 0.717) is 251 Å². The quantitative estimate of drug-likeness (QED) is 0.0721. The third kappa shape index (κ3) is 59.2. The van der Waals surface area contributed by atoms with E-state index in [2.05, 4.69) is 0 Å². The van der Waals surface area contributed by atoms with Crippen molar-refractivity contribution in [3.8, 4) is 0 Å². The third-order valence-electron chi connectivity index (χ3n) is 7.17. The Morgan fingerprint density at radius 2 is 0.180 bits per heavy atom. The number of rotatable bonds is 58. The molecule has 0 aromatic carbocycles. The number of aliphatic hydroxyl groups excluding tert-OH is 2. The van der Waals surface area contributed by atoms with Gasteiger partial charge >= 0.3 is 0 Å². The first-order valence-corrected chi connectivity index (χ1v) is 21.6. The molecule has 0 spiro atoms. The lowest BCUT2D eigenvalue weighted by molar-refractivity contribution is -0.0313. The van der Waals surface area contributed by atoms with Gasteiger partial charge in [-0.3, -0.25) is 0 Å². The van der Waals surface area contributed by atoms with Gasteiger partial charge in [0.25, 0.3) is 0 Å². The molecule has 368 valence electrons. The highest BCUT2D eigenvalue weighted by Gasteiger charge is 1.99. The summed E-state index contributed by atoms with van der Waals surface area (Å²) in [6, 6.07) is 0. The molecule has 0 radical (unpaired) electrons. The molecular formula is C40H82O21. The minimum absolute atomic E-state index is 0.0196. The van der Waals surface area contributed by atoms with Crippen molar-refractivity contribution >= 4 is 0 Å². The van der Waals surface area contributed by atoms with Crippen LogP contribution in [0.5, 0.6) is 0 Å². The number of aliphatic hydroxyl groups is 2. The molecule has 0 amide bonds. The van der Waals surface area contributed by atoms with Crippen molar-refractivity contribution in [3.05, 3.63) is 0 Å². The van der Waals surface area contributed by atoms with Crippen molar-refractivity contribution in [1.82, 2.24) is 0 Å². The van der Waals surface area contributed by atoms with Crippen LogP contribution in [-0.4, -0.2) is 274 Å². The molecule has 0 aliphatic carbocycles. The van der Waals surface area contributed by atoms with Gasteiger partial charge in [0.05, 0.1) is 264 Å². The van der Waals surface area contributed by atoms with Gasteiger partial charge in [0.2, 0.25) is 0 Å². The molecule has 0 aliphatic heterocycles. The lowest BCUT2D eigenvalue weighted by Crippen LogP contribution is -2.16. The Bertz CT molecular complexity index is 693. The molecule has 0 heterocycles. The molecule has 0 rings (SSSR count). The van der Waals surface area contributed by atoms with Crippen LogP contribution in [0.4, 0.5) is 0 Å². The van der Waals surface area contributed by atoms with Gasteiger partial charge in [0, 0.05) is 0 Å². The monoisotopic (exact) mass is 899 g/mol. The van der Waals surface area contributed by atoms with Crippen LogP contribution in [0.15, 0.2) is 0 Å². The first kappa shape index (κ1) is 60.2. The van der Waals surface area contributed by atoms with Crippen molar-refractivity contribution in [3.63, 3.8) is 0 Å². The number of ether oxygens (including phenoxy) is 19. The summed E-state index contributed by atoms with van der Waals surface area (Å²) in [6.07, 6.45) is 0. The second-order valence-electron chi connectivity index (χ2n) is 12.1. The molecule has 0 aromatic heterocycles. The molecule has 0 atom stereocenters. The lowest BCUT2D eigenvalue weighted by atomic mass is 10.6. The average Bonchev–Trinajstić information content (AvgIpc) is 3.27. The molecule has 0 saturated carbocycles. The molecule has 0 unspecified atom stereocenters. The van der Waals surface area contributed by atoms with E-state index < -0.39 is 0 Å². The normalized spacial score (nSPS) is 11.7. The molecule has 0 bridgehead atoms. The van der Waals surface area contributed by atoms with Gasteiger partial charge in [-0.2, -0.15) is 0 Å². The summed E-state index contributed by atoms with van der Waals surface area (Å²) in [5.74, 6) is 0. The van der Waals surface area contributed by atoms with E-state index in [4.69, 9.17) is 100 Å². The fraction of sp³-hybridized carbons (Fsp3) is 1.00. The van der Waals surface area contributed by atoms with Crippen LogP contribution in [0.1, 0.15) is 0 Å². The summed E-state index contributed by atoms with van der Waals surface area (Å²) in [5, 5.41) is 17.2. The standard InChI is InChI=1S/C40H82O21/c41-1-3-43-5-7-45-9-11-47-13-15-49-17-19-51-21-23-53-25-27-55-29-31-57-33-35-59-37-39-61-40-38-60-36-34-58-32-30-56-28-26-54-24-22-52-20-18-50-16-14-48-12-10-46-8-6-44-4-2-42/h41-42H,1-40H2. The van der Waals surface area contributed by atoms with Crippen LogP contribution in [0.25, 0.3) is 0 Å². The van der Waals surface area contributed by atoms with E-state index in [-0.39, 0.29) is 13.2 Å². The van der Waals surface area contributed by atoms with Crippen LogP contribution in [-0.2, 0) is 90.0 Å². The Labute approximate surface area is 364 Å². The van der Waals surface area contributed by atoms with Crippen molar-refractivity contribution in [2.45, 2.75) is 0 Å². The number of hydrogen-bond acceptors (Lipinski definition) is 21. The zero-order valence-electron chi connectivity index (χ0n) is 36.9. The first-order chi connectivity index (χ1) is 30.4. The maximum absolute atomic E-state index is 8.60. The Morgan fingerprint density at radius 1 is 0.115 bits per heavy atom. The maximum Gasteiger partial charge on any atom is 0.0701 e. The predicted molar refractivity (Wildman–Crippen MR) is 220 cm³/mol. The topological polar surface area (TPSA) is 216 Å². The zero-order chi connectivity index (χ0) is 43.7. The lowest BCUT2D eigenvalue weighted by Gasteiger charge is -2.09. The average molecular weight is 899 g/mol. The highest BCUT2D eigenvalue weighted by Crippen LogP contribution is 1.89. The highest BCUT2D eigenvalue weighted by molar-refractivity contribution is 4.41. The first-order valence-electron chi connectivity index (χ1n) is 21.6. The molecule has 2 N–H and O–H groups in total. The molecule has 0 aromatic rings. The fourth-order valence-electron chi connectivity index (χ4n) is 4.19. The summed E-state index contributed by atoms with van der Waals surface area (Å²) >= 11 is 0. The van der Waals surface area contributed by atoms with Gasteiger partial charge in [-0.25, -0.2) is 0 Å². The minimum Gasteiger partial charge on any atom is -0.394 e. The van der Waals surface area contributed by atoms with Crippen molar-refractivity contribution in [2.24, 2.45) is 0 Å². The molecule has 0 aliphatic rings. The van der Waals surface area contributed by atoms with Crippen LogP contribution in [0, 0.1) is 0 Å². The third-order valence-corrected chi connectivity index (χ3v) is 7.17. The van der Waals surface area contributed by atoms with Crippen molar-refractivity contribution in [2.75, 3.05) is 264 Å². The summed E-state index contributed by atoms with van der Waals surface area (Å²) < 4.78 is 103. The Morgan fingerprint density at radius 3 is 0.246 bits per heavy atom. The molecule has 0 fully saturated rings. The molecule has 21 nitrogen and oxygen atoms in total. The van der Waals surface area contributed by atoms with E-state index in [1.807, 2.05) is 0 Å². The Hall–Kier alpha value is -0.840. The largest absolute Gasteiger partial charge is 0.394 e.